The van der Waals surface area contributed by atoms with Gasteiger partial charge in [0.15, 0.2) is 0 Å². The average Bonchev–Trinajstić information content (AvgIpc) is 2.36. The van der Waals surface area contributed by atoms with Gasteiger partial charge in [-0.1, -0.05) is 12.1 Å². The zero-order chi connectivity index (χ0) is 13.3. The highest BCUT2D eigenvalue weighted by atomic mass is 19.3. The fourth-order valence-electron chi connectivity index (χ4n) is 2.14. The van der Waals surface area contributed by atoms with E-state index in [9.17, 15) is 18.4 Å². The molecular weight excluding hydrogens is 244 g/mol. The first-order chi connectivity index (χ1) is 8.50. The lowest BCUT2D eigenvalue weighted by molar-refractivity contribution is -0.143. The van der Waals surface area contributed by atoms with Crippen molar-refractivity contribution in [2.24, 2.45) is 0 Å². The second-order valence-corrected chi connectivity index (χ2v) is 4.06. The first-order valence-corrected chi connectivity index (χ1v) is 5.41. The van der Waals surface area contributed by atoms with Crippen LogP contribution < -0.4 is 0 Å². The summed E-state index contributed by atoms with van der Waals surface area (Å²) in [4.78, 5) is 23.2. The van der Waals surface area contributed by atoms with Gasteiger partial charge in [-0.2, -0.15) is 8.78 Å². The molecule has 6 heteroatoms. The van der Waals surface area contributed by atoms with E-state index in [0.717, 1.165) is 4.90 Å². The standard InChI is InChI=1S/C12H11F2NO3/c13-10(14)11(16)15-5-4-8-7(6-15)2-1-3-9(8)12(17)18/h1-3,10H,4-6H2,(H,17,18). The fourth-order valence-corrected chi connectivity index (χ4v) is 2.14. The summed E-state index contributed by atoms with van der Waals surface area (Å²) in [5, 5.41) is 9.00. The van der Waals surface area contributed by atoms with Gasteiger partial charge >= 0.3 is 12.4 Å². The van der Waals surface area contributed by atoms with E-state index in [2.05, 4.69) is 0 Å². The van der Waals surface area contributed by atoms with E-state index in [-0.39, 0.29) is 25.1 Å². The lowest BCUT2D eigenvalue weighted by Gasteiger charge is -2.29. The molecule has 0 aliphatic carbocycles. The minimum absolute atomic E-state index is 0.0413. The molecule has 0 fully saturated rings. The van der Waals surface area contributed by atoms with Gasteiger partial charge in [0, 0.05) is 13.1 Å². The number of carbonyl (C=O) groups is 2. The largest absolute Gasteiger partial charge is 0.478 e. The molecule has 2 rings (SSSR count). The number of hydrogen-bond donors (Lipinski definition) is 1. The van der Waals surface area contributed by atoms with Crippen molar-refractivity contribution in [1.82, 2.24) is 4.90 Å². The van der Waals surface area contributed by atoms with Crippen molar-refractivity contribution in [3.63, 3.8) is 0 Å². The Kier molecular flexibility index (Phi) is 3.27. The number of benzene rings is 1. The molecule has 1 N–H and O–H groups in total. The third-order valence-corrected chi connectivity index (χ3v) is 2.99. The van der Waals surface area contributed by atoms with E-state index in [1.54, 1.807) is 12.1 Å². The normalized spacial score (nSPS) is 14.5. The number of nitrogens with zero attached hydrogens (tertiary/aromatic N) is 1. The monoisotopic (exact) mass is 255 g/mol. The van der Waals surface area contributed by atoms with Crippen LogP contribution in [-0.4, -0.2) is 34.9 Å². The van der Waals surface area contributed by atoms with Crippen LogP contribution in [0.5, 0.6) is 0 Å². The summed E-state index contributed by atoms with van der Waals surface area (Å²) in [7, 11) is 0. The van der Waals surface area contributed by atoms with E-state index in [4.69, 9.17) is 5.11 Å². The third-order valence-electron chi connectivity index (χ3n) is 2.99. The lowest BCUT2D eigenvalue weighted by Crippen LogP contribution is -2.39. The Labute approximate surface area is 102 Å². The summed E-state index contributed by atoms with van der Waals surface area (Å²) < 4.78 is 24.6. The fraction of sp³-hybridized carbons (Fsp3) is 0.333. The number of hydrogen-bond acceptors (Lipinski definition) is 2. The van der Waals surface area contributed by atoms with Crippen LogP contribution in [0.1, 0.15) is 21.5 Å². The summed E-state index contributed by atoms with van der Waals surface area (Å²) in [5.41, 5.74) is 1.43. The molecule has 0 saturated carbocycles. The van der Waals surface area contributed by atoms with E-state index < -0.39 is 18.3 Å². The van der Waals surface area contributed by atoms with Crippen molar-refractivity contribution < 1.29 is 23.5 Å². The second kappa shape index (κ2) is 4.72. The average molecular weight is 255 g/mol. The van der Waals surface area contributed by atoms with Crippen LogP contribution in [0.25, 0.3) is 0 Å². The predicted molar refractivity (Wildman–Crippen MR) is 58.5 cm³/mol. The Hall–Kier alpha value is -1.98. The van der Waals surface area contributed by atoms with Gasteiger partial charge in [0.25, 0.3) is 5.91 Å². The molecule has 96 valence electrons. The number of carbonyl (C=O) groups excluding carboxylic acids is 1. The zero-order valence-corrected chi connectivity index (χ0v) is 9.40. The van der Waals surface area contributed by atoms with Crippen LogP contribution in [0.15, 0.2) is 18.2 Å². The van der Waals surface area contributed by atoms with Crippen LogP contribution in [0.2, 0.25) is 0 Å². The number of alkyl halides is 2. The van der Waals surface area contributed by atoms with Gasteiger partial charge in [0.1, 0.15) is 0 Å². The van der Waals surface area contributed by atoms with Gasteiger partial charge in [-0.25, -0.2) is 4.79 Å². The summed E-state index contributed by atoms with van der Waals surface area (Å²) in [6, 6.07) is 4.69. The lowest BCUT2D eigenvalue weighted by atomic mass is 9.94. The summed E-state index contributed by atoms with van der Waals surface area (Å²) in [6.07, 6.45) is -2.73. The first-order valence-electron chi connectivity index (χ1n) is 5.41. The van der Waals surface area contributed by atoms with Crippen LogP contribution >= 0.6 is 0 Å². The van der Waals surface area contributed by atoms with Crippen LogP contribution in [0, 0.1) is 0 Å². The highest BCUT2D eigenvalue weighted by Crippen LogP contribution is 2.23. The van der Waals surface area contributed by atoms with Gasteiger partial charge < -0.3 is 10.0 Å². The van der Waals surface area contributed by atoms with Crippen molar-refractivity contribution in [2.45, 2.75) is 19.4 Å². The smallest absolute Gasteiger partial charge is 0.335 e. The third kappa shape index (κ3) is 2.18. The van der Waals surface area contributed by atoms with Crippen molar-refractivity contribution in [1.29, 1.82) is 0 Å². The molecule has 1 aromatic carbocycles. The summed E-state index contributed by atoms with van der Waals surface area (Å²) >= 11 is 0. The van der Waals surface area contributed by atoms with Crippen LogP contribution in [-0.2, 0) is 17.8 Å². The van der Waals surface area contributed by atoms with E-state index in [1.807, 2.05) is 0 Å². The minimum atomic E-state index is -3.02. The van der Waals surface area contributed by atoms with E-state index in [0.29, 0.717) is 11.1 Å². The number of carboxylic acids is 1. The van der Waals surface area contributed by atoms with Crippen LogP contribution in [0.4, 0.5) is 8.78 Å². The first kappa shape index (κ1) is 12.5. The molecule has 4 nitrogen and oxygen atoms in total. The molecule has 0 atom stereocenters. The topological polar surface area (TPSA) is 57.6 Å². The summed E-state index contributed by atoms with van der Waals surface area (Å²) in [6.45, 7) is 0.167. The maximum atomic E-state index is 12.3. The van der Waals surface area contributed by atoms with Gasteiger partial charge in [-0.3, -0.25) is 4.79 Å². The number of rotatable bonds is 2. The van der Waals surface area contributed by atoms with Crippen molar-refractivity contribution in [3.05, 3.63) is 34.9 Å². The van der Waals surface area contributed by atoms with Crippen molar-refractivity contribution in [2.75, 3.05) is 6.54 Å². The molecule has 1 aliphatic heterocycles. The molecule has 1 amide bonds. The Morgan fingerprint density at radius 2 is 2.06 bits per heavy atom. The number of amides is 1. The quantitative estimate of drug-likeness (QED) is 0.872. The predicted octanol–water partition coefficient (Wildman–Crippen LogP) is 1.53. The second-order valence-electron chi connectivity index (χ2n) is 4.06. The zero-order valence-electron chi connectivity index (χ0n) is 9.40. The van der Waals surface area contributed by atoms with Gasteiger partial charge in [-0.05, 0) is 23.6 Å². The van der Waals surface area contributed by atoms with E-state index in [1.165, 1.54) is 6.07 Å². The Morgan fingerprint density at radius 1 is 1.33 bits per heavy atom. The molecule has 0 bridgehead atoms. The minimum Gasteiger partial charge on any atom is -0.478 e. The van der Waals surface area contributed by atoms with E-state index >= 15 is 0 Å². The molecule has 0 unspecified atom stereocenters. The molecule has 1 aromatic rings. The maximum Gasteiger partial charge on any atom is 0.335 e. The molecule has 1 aliphatic rings. The molecule has 0 spiro atoms. The highest BCUT2D eigenvalue weighted by Gasteiger charge is 2.28. The maximum absolute atomic E-state index is 12.3. The molecule has 18 heavy (non-hydrogen) atoms. The van der Waals surface area contributed by atoms with Crippen molar-refractivity contribution in [3.8, 4) is 0 Å². The molecule has 0 radical (unpaired) electrons. The van der Waals surface area contributed by atoms with Gasteiger partial charge in [-0.15, -0.1) is 0 Å². The molecule has 0 aromatic heterocycles. The summed E-state index contributed by atoms with van der Waals surface area (Å²) in [5.74, 6) is -2.25. The highest BCUT2D eigenvalue weighted by molar-refractivity contribution is 5.90. The SMILES string of the molecule is O=C(O)c1cccc2c1CCN(C(=O)C(F)F)C2. The Bertz CT molecular complexity index is 502. The number of halogens is 2. The van der Waals surface area contributed by atoms with Gasteiger partial charge in [0.05, 0.1) is 5.56 Å². The number of aromatic carboxylic acids is 1. The molecular formula is C12H11F2NO3. The molecule has 0 saturated heterocycles. The molecule has 1 heterocycles. The van der Waals surface area contributed by atoms with Crippen LogP contribution in [0.3, 0.4) is 0 Å². The van der Waals surface area contributed by atoms with Gasteiger partial charge in [0.2, 0.25) is 0 Å². The number of carboxylic acid groups (broad SMARTS) is 1. The van der Waals surface area contributed by atoms with Crippen molar-refractivity contribution >= 4 is 11.9 Å². The Morgan fingerprint density at radius 3 is 2.67 bits per heavy atom. The number of fused-ring (bicyclic) bond motifs is 1. The Balaban J connectivity index is 2.28.